The van der Waals surface area contributed by atoms with Crippen molar-refractivity contribution in [1.29, 1.82) is 0 Å². The van der Waals surface area contributed by atoms with Crippen molar-refractivity contribution < 1.29 is 25.8 Å². The predicted octanol–water partition coefficient (Wildman–Crippen LogP) is 2.55. The fraction of sp³-hybridized carbons (Fsp3) is 0.727. The Kier molecular flexibility index (Phi) is 7.58. The van der Waals surface area contributed by atoms with Crippen molar-refractivity contribution in [2.45, 2.75) is 56.4 Å². The lowest BCUT2D eigenvalue weighted by Crippen LogP contribution is -2.55. The van der Waals surface area contributed by atoms with E-state index in [4.69, 9.17) is 8.92 Å². The number of morpholine rings is 1. The summed E-state index contributed by atoms with van der Waals surface area (Å²) in [6, 6.07) is 6.54. The van der Waals surface area contributed by atoms with Crippen molar-refractivity contribution >= 4 is 20.3 Å². The van der Waals surface area contributed by atoms with E-state index in [2.05, 4.69) is 0 Å². The maximum absolute atomic E-state index is 13.4. The topological polar surface area (TPSA) is 93.2 Å². The standard InChI is InChI=1S/C22H34N2O6S2/c1-18-7-9-22(10-8-18)31(25,26)30-21-15-20(19-5-3-2-4-6-19)16-24(17-21)32(27,28)23-11-13-29-14-12-23/h7-10,19-21H,2-6,11-17H2,1H3. The lowest BCUT2D eigenvalue weighted by Gasteiger charge is -2.42. The Morgan fingerprint density at radius 2 is 1.53 bits per heavy atom. The first-order chi connectivity index (χ1) is 15.3. The van der Waals surface area contributed by atoms with E-state index in [9.17, 15) is 16.8 Å². The summed E-state index contributed by atoms with van der Waals surface area (Å²) in [4.78, 5) is 0.102. The van der Waals surface area contributed by atoms with Gasteiger partial charge < -0.3 is 4.74 Å². The van der Waals surface area contributed by atoms with Gasteiger partial charge in [0.1, 0.15) is 0 Å². The zero-order valence-corrected chi connectivity index (χ0v) is 20.3. The molecule has 0 radical (unpaired) electrons. The molecule has 32 heavy (non-hydrogen) atoms. The monoisotopic (exact) mass is 486 g/mol. The molecule has 3 aliphatic rings. The van der Waals surface area contributed by atoms with Crippen LogP contribution in [-0.4, -0.2) is 70.9 Å². The van der Waals surface area contributed by atoms with Crippen molar-refractivity contribution in [2.75, 3.05) is 39.4 Å². The Morgan fingerprint density at radius 3 is 2.19 bits per heavy atom. The van der Waals surface area contributed by atoms with Gasteiger partial charge in [-0.15, -0.1) is 0 Å². The van der Waals surface area contributed by atoms with Gasteiger partial charge in [0, 0.05) is 26.2 Å². The van der Waals surface area contributed by atoms with Crippen LogP contribution < -0.4 is 0 Å². The summed E-state index contributed by atoms with van der Waals surface area (Å²) in [6.45, 7) is 3.76. The summed E-state index contributed by atoms with van der Waals surface area (Å²) in [5, 5.41) is 0. The minimum Gasteiger partial charge on any atom is -0.379 e. The van der Waals surface area contributed by atoms with E-state index in [1.807, 2.05) is 6.92 Å². The zero-order valence-electron chi connectivity index (χ0n) is 18.7. The van der Waals surface area contributed by atoms with Crippen LogP contribution in [0.1, 0.15) is 44.1 Å². The second-order valence-corrected chi connectivity index (χ2v) is 12.7. The molecule has 2 atom stereocenters. The van der Waals surface area contributed by atoms with Crippen LogP contribution in [0.3, 0.4) is 0 Å². The van der Waals surface area contributed by atoms with Crippen molar-refractivity contribution in [3.8, 4) is 0 Å². The van der Waals surface area contributed by atoms with Crippen molar-refractivity contribution in [3.05, 3.63) is 29.8 Å². The molecule has 4 rings (SSSR count). The fourth-order valence-corrected chi connectivity index (χ4v) is 7.89. The first-order valence-corrected chi connectivity index (χ1v) is 14.4. The highest BCUT2D eigenvalue weighted by atomic mass is 32.2. The normalized spacial score (nSPS) is 27.4. The summed E-state index contributed by atoms with van der Waals surface area (Å²) >= 11 is 0. The molecule has 0 spiro atoms. The van der Waals surface area contributed by atoms with Gasteiger partial charge in [0.15, 0.2) is 0 Å². The lowest BCUT2D eigenvalue weighted by atomic mass is 9.76. The molecule has 1 aliphatic carbocycles. The average Bonchev–Trinajstić information content (AvgIpc) is 2.80. The molecule has 180 valence electrons. The Labute approximate surface area is 192 Å². The van der Waals surface area contributed by atoms with Gasteiger partial charge >= 0.3 is 0 Å². The predicted molar refractivity (Wildman–Crippen MR) is 121 cm³/mol. The van der Waals surface area contributed by atoms with Gasteiger partial charge in [-0.1, -0.05) is 49.8 Å². The van der Waals surface area contributed by atoms with Gasteiger partial charge in [0.25, 0.3) is 20.3 Å². The van der Waals surface area contributed by atoms with Crippen LogP contribution in [0, 0.1) is 18.8 Å². The number of nitrogens with zero attached hydrogens (tertiary/aromatic N) is 2. The van der Waals surface area contributed by atoms with Crippen LogP contribution in [0.2, 0.25) is 0 Å². The third kappa shape index (κ3) is 5.53. The third-order valence-electron chi connectivity index (χ3n) is 6.92. The fourth-order valence-electron chi connectivity index (χ4n) is 5.14. The molecule has 2 aliphatic heterocycles. The minimum atomic E-state index is -3.98. The molecule has 1 aromatic carbocycles. The molecule has 2 saturated heterocycles. The first-order valence-electron chi connectivity index (χ1n) is 11.6. The molecule has 8 nitrogen and oxygen atoms in total. The van der Waals surface area contributed by atoms with Crippen molar-refractivity contribution in [2.24, 2.45) is 11.8 Å². The molecular weight excluding hydrogens is 452 g/mol. The van der Waals surface area contributed by atoms with E-state index in [-0.39, 0.29) is 17.4 Å². The van der Waals surface area contributed by atoms with Crippen LogP contribution in [0.15, 0.2) is 29.2 Å². The maximum atomic E-state index is 13.4. The Balaban J connectivity index is 1.55. The minimum absolute atomic E-state index is 0.0496. The van der Waals surface area contributed by atoms with Gasteiger partial charge in [-0.05, 0) is 37.3 Å². The molecule has 2 unspecified atom stereocenters. The van der Waals surface area contributed by atoms with Crippen LogP contribution in [0.5, 0.6) is 0 Å². The van der Waals surface area contributed by atoms with E-state index in [1.165, 1.54) is 27.2 Å². The zero-order chi connectivity index (χ0) is 22.8. The second-order valence-electron chi connectivity index (χ2n) is 9.22. The quantitative estimate of drug-likeness (QED) is 0.574. The molecule has 2 heterocycles. The Bertz CT molecular complexity index is 968. The van der Waals surface area contributed by atoms with Crippen LogP contribution in [-0.2, 0) is 29.2 Å². The molecule has 1 aromatic rings. The first kappa shape index (κ1) is 24.1. The summed E-state index contributed by atoms with van der Waals surface area (Å²) in [5.41, 5.74) is 0.960. The number of rotatable bonds is 6. The molecule has 0 N–H and O–H groups in total. The molecule has 10 heteroatoms. The largest absolute Gasteiger partial charge is 0.379 e. The molecule has 1 saturated carbocycles. The number of hydrogen-bond acceptors (Lipinski definition) is 6. The van der Waals surface area contributed by atoms with E-state index in [0.717, 1.165) is 31.2 Å². The maximum Gasteiger partial charge on any atom is 0.297 e. The summed E-state index contributed by atoms with van der Waals surface area (Å²) in [5.74, 6) is 0.498. The summed E-state index contributed by atoms with van der Waals surface area (Å²) in [6.07, 6.45) is 5.49. The van der Waals surface area contributed by atoms with Gasteiger partial charge in [-0.2, -0.15) is 25.4 Å². The summed E-state index contributed by atoms with van der Waals surface area (Å²) < 4.78 is 66.5. The van der Waals surface area contributed by atoms with E-state index < -0.39 is 26.4 Å². The third-order valence-corrected chi connectivity index (χ3v) is 10.3. The van der Waals surface area contributed by atoms with Crippen molar-refractivity contribution in [1.82, 2.24) is 8.61 Å². The number of piperidine rings is 1. The Morgan fingerprint density at radius 1 is 0.875 bits per heavy atom. The van der Waals surface area contributed by atoms with Gasteiger partial charge in [0.05, 0.1) is 24.2 Å². The SMILES string of the molecule is Cc1ccc(S(=O)(=O)OC2CC(C3CCCCC3)CN(S(=O)(=O)N3CCOCC3)C2)cc1. The average molecular weight is 487 g/mol. The van der Waals surface area contributed by atoms with Gasteiger partial charge in [-0.25, -0.2) is 0 Å². The van der Waals surface area contributed by atoms with Crippen LogP contribution in [0.25, 0.3) is 0 Å². The lowest BCUT2D eigenvalue weighted by molar-refractivity contribution is 0.0513. The summed E-state index contributed by atoms with van der Waals surface area (Å²) in [7, 11) is -7.68. The number of aryl methyl sites for hydroxylation is 1. The van der Waals surface area contributed by atoms with E-state index in [0.29, 0.717) is 45.2 Å². The Hall–Kier alpha value is -1.04. The van der Waals surface area contributed by atoms with Gasteiger partial charge in [0.2, 0.25) is 0 Å². The molecule has 0 bridgehead atoms. The highest BCUT2D eigenvalue weighted by molar-refractivity contribution is 7.87. The highest BCUT2D eigenvalue weighted by Gasteiger charge is 2.42. The number of benzene rings is 1. The van der Waals surface area contributed by atoms with Gasteiger partial charge in [-0.3, -0.25) is 4.18 Å². The molecule has 3 fully saturated rings. The smallest absolute Gasteiger partial charge is 0.297 e. The van der Waals surface area contributed by atoms with Crippen LogP contribution >= 0.6 is 0 Å². The van der Waals surface area contributed by atoms with E-state index >= 15 is 0 Å². The molecular formula is C22H34N2O6S2. The highest BCUT2D eigenvalue weighted by Crippen LogP contribution is 2.37. The number of ether oxygens (including phenoxy) is 1. The second kappa shape index (κ2) is 10.1. The molecule has 0 amide bonds. The van der Waals surface area contributed by atoms with Crippen LogP contribution in [0.4, 0.5) is 0 Å². The van der Waals surface area contributed by atoms with Crippen molar-refractivity contribution in [3.63, 3.8) is 0 Å². The molecule has 0 aromatic heterocycles. The van der Waals surface area contributed by atoms with E-state index in [1.54, 1.807) is 12.1 Å². The number of hydrogen-bond donors (Lipinski definition) is 0.